The number of aromatic carboxylic acids is 1. The fourth-order valence-electron chi connectivity index (χ4n) is 3.24. The second-order valence-electron chi connectivity index (χ2n) is 6.54. The third-order valence-electron chi connectivity index (χ3n) is 4.35. The van der Waals surface area contributed by atoms with Gasteiger partial charge in [-0.1, -0.05) is 24.3 Å². The second-order valence-corrected chi connectivity index (χ2v) is 6.54. The molecule has 1 aliphatic rings. The van der Waals surface area contributed by atoms with Crippen molar-refractivity contribution in [2.45, 2.75) is 32.6 Å². The molecule has 5 nitrogen and oxygen atoms in total. The Bertz CT molecular complexity index is 720. The third-order valence-corrected chi connectivity index (χ3v) is 4.35. The van der Waals surface area contributed by atoms with E-state index in [1.165, 1.54) is 5.69 Å². The number of carbonyl (C=O) groups is 1. The molecule has 1 saturated heterocycles. The van der Waals surface area contributed by atoms with Gasteiger partial charge < -0.3 is 20.1 Å². The second kappa shape index (κ2) is 7.57. The van der Waals surface area contributed by atoms with Gasteiger partial charge in [-0.15, -0.1) is 0 Å². The number of carboxylic acid groups (broad SMARTS) is 1. The van der Waals surface area contributed by atoms with Gasteiger partial charge in [-0.2, -0.15) is 0 Å². The molecule has 25 heavy (non-hydrogen) atoms. The first-order valence-electron chi connectivity index (χ1n) is 8.58. The molecule has 1 aliphatic heterocycles. The molecule has 2 atom stereocenters. The maximum atomic E-state index is 10.9. The summed E-state index contributed by atoms with van der Waals surface area (Å²) in [6, 6.07) is 15.2. The Morgan fingerprint density at radius 2 is 1.76 bits per heavy atom. The molecule has 0 amide bonds. The average molecular weight is 340 g/mol. The molecule has 1 heterocycles. The highest BCUT2D eigenvalue weighted by Gasteiger charge is 2.23. The molecule has 0 bridgehead atoms. The van der Waals surface area contributed by atoms with Gasteiger partial charge in [0.1, 0.15) is 0 Å². The van der Waals surface area contributed by atoms with Crippen molar-refractivity contribution in [2.24, 2.45) is 0 Å². The summed E-state index contributed by atoms with van der Waals surface area (Å²) >= 11 is 0. The molecular weight excluding hydrogens is 316 g/mol. The van der Waals surface area contributed by atoms with Crippen LogP contribution in [0.15, 0.2) is 48.5 Å². The van der Waals surface area contributed by atoms with Gasteiger partial charge in [0.2, 0.25) is 0 Å². The summed E-state index contributed by atoms with van der Waals surface area (Å²) in [4.78, 5) is 13.3. The van der Waals surface area contributed by atoms with Crippen LogP contribution >= 0.6 is 0 Å². The summed E-state index contributed by atoms with van der Waals surface area (Å²) in [5, 5.41) is 12.5. The topological polar surface area (TPSA) is 61.8 Å². The number of carboxylic acids is 1. The van der Waals surface area contributed by atoms with Crippen LogP contribution < -0.4 is 10.2 Å². The molecule has 5 heteroatoms. The molecule has 2 unspecified atom stereocenters. The van der Waals surface area contributed by atoms with Crippen LogP contribution in [-0.4, -0.2) is 36.4 Å². The van der Waals surface area contributed by atoms with Crippen molar-refractivity contribution in [3.8, 4) is 0 Å². The lowest BCUT2D eigenvalue weighted by atomic mass is 10.1. The van der Waals surface area contributed by atoms with Crippen molar-refractivity contribution in [3.63, 3.8) is 0 Å². The first kappa shape index (κ1) is 17.3. The predicted molar refractivity (Wildman–Crippen MR) is 99.4 cm³/mol. The van der Waals surface area contributed by atoms with Crippen molar-refractivity contribution in [2.75, 3.05) is 23.3 Å². The van der Waals surface area contributed by atoms with Crippen molar-refractivity contribution in [1.82, 2.24) is 0 Å². The molecule has 0 spiro atoms. The molecule has 0 saturated carbocycles. The minimum atomic E-state index is -0.902. The lowest BCUT2D eigenvalue weighted by Crippen LogP contribution is -2.45. The van der Waals surface area contributed by atoms with Crippen LogP contribution in [0.4, 0.5) is 11.4 Å². The molecule has 2 N–H and O–H groups in total. The number of anilines is 2. The summed E-state index contributed by atoms with van der Waals surface area (Å²) in [5.41, 5.74) is 3.60. The lowest BCUT2D eigenvalue weighted by molar-refractivity contribution is -0.00518. The van der Waals surface area contributed by atoms with Gasteiger partial charge in [0, 0.05) is 19.6 Å². The Labute approximate surface area is 148 Å². The molecule has 2 aromatic rings. The van der Waals surface area contributed by atoms with Crippen LogP contribution in [0.25, 0.3) is 0 Å². The summed E-state index contributed by atoms with van der Waals surface area (Å²) in [6.45, 7) is 6.59. The standard InChI is InChI=1S/C20H24N2O3/c1-14-12-22(13-15(2)25-14)19-6-4-3-5-18(19)21-11-16-7-9-17(10-8-16)20(23)24/h3-10,14-15,21H,11-13H2,1-2H3,(H,23,24). The van der Waals surface area contributed by atoms with E-state index in [4.69, 9.17) is 9.84 Å². The van der Waals surface area contributed by atoms with Crippen LogP contribution in [0, 0.1) is 0 Å². The van der Waals surface area contributed by atoms with Gasteiger partial charge in [0.05, 0.1) is 29.1 Å². The fourth-order valence-corrected chi connectivity index (χ4v) is 3.24. The van der Waals surface area contributed by atoms with Gasteiger partial charge >= 0.3 is 5.97 Å². The molecule has 0 aromatic heterocycles. The Morgan fingerprint density at radius 1 is 1.12 bits per heavy atom. The van der Waals surface area contributed by atoms with E-state index < -0.39 is 5.97 Å². The Balaban J connectivity index is 1.71. The van der Waals surface area contributed by atoms with E-state index in [1.807, 2.05) is 24.3 Å². The fraction of sp³-hybridized carbons (Fsp3) is 0.350. The van der Waals surface area contributed by atoms with E-state index in [-0.39, 0.29) is 12.2 Å². The Morgan fingerprint density at radius 3 is 2.40 bits per heavy atom. The third kappa shape index (κ3) is 4.31. The van der Waals surface area contributed by atoms with Crippen LogP contribution in [0.1, 0.15) is 29.8 Å². The van der Waals surface area contributed by atoms with Crippen molar-refractivity contribution >= 4 is 17.3 Å². The Hall–Kier alpha value is -2.53. The van der Waals surface area contributed by atoms with Crippen molar-refractivity contribution in [1.29, 1.82) is 0 Å². The minimum absolute atomic E-state index is 0.209. The zero-order chi connectivity index (χ0) is 17.8. The van der Waals surface area contributed by atoms with Gasteiger partial charge in [-0.05, 0) is 43.7 Å². The average Bonchev–Trinajstić information content (AvgIpc) is 2.59. The summed E-state index contributed by atoms with van der Waals surface area (Å²) in [7, 11) is 0. The quantitative estimate of drug-likeness (QED) is 0.871. The number of nitrogens with zero attached hydrogens (tertiary/aromatic N) is 1. The van der Waals surface area contributed by atoms with E-state index in [0.29, 0.717) is 12.1 Å². The lowest BCUT2D eigenvalue weighted by Gasteiger charge is -2.37. The maximum absolute atomic E-state index is 10.9. The van der Waals surface area contributed by atoms with E-state index >= 15 is 0 Å². The number of hydrogen-bond acceptors (Lipinski definition) is 4. The van der Waals surface area contributed by atoms with Gasteiger partial charge in [-0.25, -0.2) is 4.79 Å². The highest BCUT2D eigenvalue weighted by Crippen LogP contribution is 2.28. The first-order chi connectivity index (χ1) is 12.0. The normalized spacial score (nSPS) is 20.3. The number of nitrogens with one attached hydrogen (secondary N) is 1. The molecule has 132 valence electrons. The SMILES string of the molecule is CC1CN(c2ccccc2NCc2ccc(C(=O)O)cc2)CC(C)O1. The highest BCUT2D eigenvalue weighted by molar-refractivity contribution is 5.87. The predicted octanol–water partition coefficient (Wildman–Crippen LogP) is 3.61. The van der Waals surface area contributed by atoms with E-state index in [2.05, 4.69) is 36.2 Å². The molecule has 0 radical (unpaired) electrons. The van der Waals surface area contributed by atoms with E-state index in [9.17, 15) is 4.79 Å². The molecular formula is C20H24N2O3. The molecule has 3 rings (SSSR count). The van der Waals surface area contributed by atoms with Crippen LogP contribution in [0.2, 0.25) is 0 Å². The van der Waals surface area contributed by atoms with Crippen molar-refractivity contribution < 1.29 is 14.6 Å². The minimum Gasteiger partial charge on any atom is -0.478 e. The smallest absolute Gasteiger partial charge is 0.335 e. The molecule has 1 fully saturated rings. The number of benzene rings is 2. The molecule has 2 aromatic carbocycles. The molecule has 0 aliphatic carbocycles. The highest BCUT2D eigenvalue weighted by atomic mass is 16.5. The summed E-state index contributed by atoms with van der Waals surface area (Å²) in [6.07, 6.45) is 0.417. The Kier molecular flexibility index (Phi) is 5.24. The summed E-state index contributed by atoms with van der Waals surface area (Å²) < 4.78 is 5.83. The zero-order valence-electron chi connectivity index (χ0n) is 14.6. The largest absolute Gasteiger partial charge is 0.478 e. The first-order valence-corrected chi connectivity index (χ1v) is 8.58. The number of rotatable bonds is 5. The summed E-state index contributed by atoms with van der Waals surface area (Å²) in [5.74, 6) is -0.902. The van der Waals surface area contributed by atoms with Crippen molar-refractivity contribution in [3.05, 3.63) is 59.7 Å². The number of hydrogen-bond donors (Lipinski definition) is 2. The van der Waals surface area contributed by atoms with Gasteiger partial charge in [-0.3, -0.25) is 0 Å². The van der Waals surface area contributed by atoms with Gasteiger partial charge in [0.25, 0.3) is 0 Å². The number of morpholine rings is 1. The van der Waals surface area contributed by atoms with Crippen LogP contribution in [0.3, 0.4) is 0 Å². The maximum Gasteiger partial charge on any atom is 0.335 e. The number of para-hydroxylation sites is 2. The van der Waals surface area contributed by atoms with Gasteiger partial charge in [0.15, 0.2) is 0 Å². The van der Waals surface area contributed by atoms with E-state index in [1.54, 1.807) is 12.1 Å². The van der Waals surface area contributed by atoms with Crippen LogP contribution in [0.5, 0.6) is 0 Å². The zero-order valence-corrected chi connectivity index (χ0v) is 14.6. The number of ether oxygens (including phenoxy) is 1. The van der Waals surface area contributed by atoms with Crippen LogP contribution in [-0.2, 0) is 11.3 Å². The van der Waals surface area contributed by atoms with E-state index in [0.717, 1.165) is 24.3 Å². The monoisotopic (exact) mass is 340 g/mol.